The van der Waals surface area contributed by atoms with Crippen molar-refractivity contribution in [3.8, 4) is 0 Å². The van der Waals surface area contributed by atoms with Gasteiger partial charge in [0.2, 0.25) is 0 Å². The van der Waals surface area contributed by atoms with Gasteiger partial charge in [-0.2, -0.15) is 5.10 Å². The third-order valence-electron chi connectivity index (χ3n) is 1.03. The zero-order valence-corrected chi connectivity index (χ0v) is 5.94. The second kappa shape index (κ2) is 2.30. The molecule has 0 fully saturated rings. The fourth-order valence-electron chi connectivity index (χ4n) is 0.528. The highest BCUT2D eigenvalue weighted by Gasteiger charge is 2.18. The predicted octanol–water partition coefficient (Wildman–Crippen LogP) is 0.0990. The SMILES string of the molecule is CC(C)(O)c1nccnn1. The van der Waals surface area contributed by atoms with E-state index in [0.29, 0.717) is 5.82 Å². The van der Waals surface area contributed by atoms with Crippen LogP contribution in [-0.2, 0) is 5.60 Å². The molecule has 0 amide bonds. The highest BCUT2D eigenvalue weighted by molar-refractivity contribution is 4.93. The molecule has 0 bridgehead atoms. The van der Waals surface area contributed by atoms with Crippen molar-refractivity contribution in [3.63, 3.8) is 0 Å². The van der Waals surface area contributed by atoms with Crippen LogP contribution in [0.3, 0.4) is 0 Å². The fourth-order valence-corrected chi connectivity index (χ4v) is 0.528. The van der Waals surface area contributed by atoms with Gasteiger partial charge in [0.05, 0.1) is 6.20 Å². The molecule has 1 aromatic heterocycles. The molecule has 1 heterocycles. The smallest absolute Gasteiger partial charge is 0.182 e. The Morgan fingerprint density at radius 2 is 2.10 bits per heavy atom. The maximum atomic E-state index is 9.32. The molecule has 0 aliphatic carbocycles. The number of nitrogens with zero attached hydrogens (tertiary/aromatic N) is 3. The first-order valence-corrected chi connectivity index (χ1v) is 2.97. The Balaban J connectivity index is 2.97. The summed E-state index contributed by atoms with van der Waals surface area (Å²) in [6.07, 6.45) is 2.97. The molecule has 0 aliphatic rings. The van der Waals surface area contributed by atoms with Crippen molar-refractivity contribution in [2.24, 2.45) is 0 Å². The van der Waals surface area contributed by atoms with Crippen LogP contribution >= 0.6 is 0 Å². The lowest BCUT2D eigenvalue weighted by Gasteiger charge is -2.12. The molecule has 0 unspecified atom stereocenters. The Morgan fingerprint density at radius 3 is 2.40 bits per heavy atom. The van der Waals surface area contributed by atoms with Crippen LogP contribution in [0.15, 0.2) is 12.4 Å². The summed E-state index contributed by atoms with van der Waals surface area (Å²) in [7, 11) is 0. The molecule has 0 saturated carbocycles. The minimum atomic E-state index is -0.992. The molecule has 1 rings (SSSR count). The summed E-state index contributed by atoms with van der Waals surface area (Å²) < 4.78 is 0. The van der Waals surface area contributed by atoms with Gasteiger partial charge >= 0.3 is 0 Å². The van der Waals surface area contributed by atoms with Gasteiger partial charge in [0.15, 0.2) is 5.82 Å². The largest absolute Gasteiger partial charge is 0.382 e. The summed E-state index contributed by atoms with van der Waals surface area (Å²) >= 11 is 0. The highest BCUT2D eigenvalue weighted by Crippen LogP contribution is 2.11. The second-order valence-electron chi connectivity index (χ2n) is 2.53. The monoisotopic (exact) mass is 139 g/mol. The van der Waals surface area contributed by atoms with Crippen LogP contribution < -0.4 is 0 Å². The van der Waals surface area contributed by atoms with Gasteiger partial charge < -0.3 is 5.11 Å². The molecular weight excluding hydrogens is 130 g/mol. The first-order valence-electron chi connectivity index (χ1n) is 2.97. The van der Waals surface area contributed by atoms with Crippen molar-refractivity contribution < 1.29 is 5.11 Å². The molecule has 54 valence electrons. The molecule has 1 aromatic rings. The van der Waals surface area contributed by atoms with Crippen molar-refractivity contribution in [2.75, 3.05) is 0 Å². The summed E-state index contributed by atoms with van der Waals surface area (Å²) in [5.74, 6) is 0.343. The Hall–Kier alpha value is -1.03. The van der Waals surface area contributed by atoms with Crippen molar-refractivity contribution in [1.82, 2.24) is 15.2 Å². The van der Waals surface area contributed by atoms with Crippen molar-refractivity contribution in [3.05, 3.63) is 18.2 Å². The summed E-state index contributed by atoms with van der Waals surface area (Å²) in [6.45, 7) is 3.23. The molecule has 4 nitrogen and oxygen atoms in total. The number of hydrogen-bond donors (Lipinski definition) is 1. The maximum absolute atomic E-state index is 9.32. The normalized spacial score (nSPS) is 11.5. The topological polar surface area (TPSA) is 58.9 Å². The van der Waals surface area contributed by atoms with E-state index in [2.05, 4.69) is 15.2 Å². The third kappa shape index (κ3) is 1.48. The Labute approximate surface area is 58.9 Å². The molecule has 0 atom stereocenters. The van der Waals surface area contributed by atoms with Gasteiger partial charge in [0.25, 0.3) is 0 Å². The molecular formula is C6H9N3O. The summed E-state index contributed by atoms with van der Waals surface area (Å²) in [5.41, 5.74) is -0.992. The van der Waals surface area contributed by atoms with Gasteiger partial charge in [-0.1, -0.05) is 0 Å². The van der Waals surface area contributed by atoms with Crippen molar-refractivity contribution in [1.29, 1.82) is 0 Å². The van der Waals surface area contributed by atoms with E-state index >= 15 is 0 Å². The van der Waals surface area contributed by atoms with Gasteiger partial charge in [-0.3, -0.25) is 0 Å². The Kier molecular flexibility index (Phi) is 1.63. The highest BCUT2D eigenvalue weighted by atomic mass is 16.3. The van der Waals surface area contributed by atoms with Gasteiger partial charge in [-0.05, 0) is 13.8 Å². The van der Waals surface area contributed by atoms with Crippen LogP contribution in [0.1, 0.15) is 19.7 Å². The van der Waals surface area contributed by atoms with Crippen LogP contribution in [0.4, 0.5) is 0 Å². The lowest BCUT2D eigenvalue weighted by molar-refractivity contribution is 0.0675. The van der Waals surface area contributed by atoms with E-state index in [9.17, 15) is 5.11 Å². The van der Waals surface area contributed by atoms with Crippen LogP contribution in [0.25, 0.3) is 0 Å². The number of hydrogen-bond acceptors (Lipinski definition) is 4. The molecule has 0 aromatic carbocycles. The van der Waals surface area contributed by atoms with Crippen LogP contribution in [0, 0.1) is 0 Å². The van der Waals surface area contributed by atoms with Gasteiger partial charge in [0, 0.05) is 6.20 Å². The predicted molar refractivity (Wildman–Crippen MR) is 35.1 cm³/mol. The average molecular weight is 139 g/mol. The molecule has 0 spiro atoms. The van der Waals surface area contributed by atoms with E-state index in [1.54, 1.807) is 13.8 Å². The standard InChI is InChI=1S/C6H9N3O/c1-6(2,10)5-7-3-4-8-9-5/h3-4,10H,1-2H3. The van der Waals surface area contributed by atoms with E-state index in [4.69, 9.17) is 0 Å². The molecule has 0 radical (unpaired) electrons. The van der Waals surface area contributed by atoms with Crippen LogP contribution in [0.2, 0.25) is 0 Å². The van der Waals surface area contributed by atoms with Crippen molar-refractivity contribution in [2.45, 2.75) is 19.4 Å². The number of aliphatic hydroxyl groups is 1. The summed E-state index contributed by atoms with van der Waals surface area (Å²) in [6, 6.07) is 0. The average Bonchev–Trinajstić information content (AvgIpc) is 1.88. The van der Waals surface area contributed by atoms with Crippen LogP contribution in [0.5, 0.6) is 0 Å². The molecule has 10 heavy (non-hydrogen) atoms. The van der Waals surface area contributed by atoms with Gasteiger partial charge in [0.1, 0.15) is 5.60 Å². The molecule has 4 heteroatoms. The van der Waals surface area contributed by atoms with E-state index in [-0.39, 0.29) is 0 Å². The minimum absolute atomic E-state index is 0.343. The third-order valence-corrected chi connectivity index (χ3v) is 1.03. The summed E-state index contributed by atoms with van der Waals surface area (Å²) in [5, 5.41) is 16.5. The minimum Gasteiger partial charge on any atom is -0.382 e. The Bertz CT molecular complexity index is 204. The quantitative estimate of drug-likeness (QED) is 0.599. The lowest BCUT2D eigenvalue weighted by Crippen LogP contribution is -2.19. The van der Waals surface area contributed by atoms with Gasteiger partial charge in [-0.25, -0.2) is 4.98 Å². The van der Waals surface area contributed by atoms with E-state index in [1.807, 2.05) is 0 Å². The maximum Gasteiger partial charge on any atom is 0.182 e. The van der Waals surface area contributed by atoms with E-state index in [0.717, 1.165) is 0 Å². The van der Waals surface area contributed by atoms with E-state index < -0.39 is 5.60 Å². The van der Waals surface area contributed by atoms with Gasteiger partial charge in [-0.15, -0.1) is 5.10 Å². The first-order chi connectivity index (χ1) is 4.61. The molecule has 1 N–H and O–H groups in total. The molecule has 0 aliphatic heterocycles. The van der Waals surface area contributed by atoms with E-state index in [1.165, 1.54) is 12.4 Å². The first kappa shape index (κ1) is 7.08. The number of aromatic nitrogens is 3. The number of rotatable bonds is 1. The Morgan fingerprint density at radius 1 is 1.40 bits per heavy atom. The lowest BCUT2D eigenvalue weighted by atomic mass is 10.1. The molecule has 0 saturated heterocycles. The zero-order chi connectivity index (χ0) is 7.61. The summed E-state index contributed by atoms with van der Waals surface area (Å²) in [4.78, 5) is 3.83. The van der Waals surface area contributed by atoms with Crippen molar-refractivity contribution >= 4 is 0 Å². The van der Waals surface area contributed by atoms with Crippen LogP contribution in [-0.4, -0.2) is 20.3 Å². The zero-order valence-electron chi connectivity index (χ0n) is 5.94. The fraction of sp³-hybridized carbons (Fsp3) is 0.500. The second-order valence-corrected chi connectivity index (χ2v) is 2.53.